The van der Waals surface area contributed by atoms with Crippen molar-refractivity contribution >= 4 is 39.5 Å². The second-order valence-corrected chi connectivity index (χ2v) is 32.3. The molecule has 582 valence electrons. The van der Waals surface area contributed by atoms with Crippen molar-refractivity contribution in [3.8, 4) is 0 Å². The third-order valence-electron chi connectivity index (χ3n) is 18.5. The third kappa shape index (κ3) is 72.4. The van der Waals surface area contributed by atoms with Crippen LogP contribution in [0.3, 0.4) is 0 Å². The first kappa shape index (κ1) is 96.1. The number of hydrogen-bond acceptors (Lipinski definition) is 15. The summed E-state index contributed by atoms with van der Waals surface area (Å²) in [5, 5.41) is 10.6. The number of aliphatic hydroxyl groups is 1. The molecule has 0 fully saturated rings. The van der Waals surface area contributed by atoms with Gasteiger partial charge >= 0.3 is 39.5 Å². The standard InChI is InChI=1S/C79H154O17P2/c1-7-9-11-13-15-17-19-21-23-25-26-27-28-29-31-33-35-37-44-51-57-63-78(83)95-74(67-89-76(81)61-55-49-43-36-34-32-30-24-22-20-18-16-14-12-10-8-2)69-93-97(85,86)91-65-73(80)66-92-98(87,88)94-70-75(68-90-77(82)62-56-50-46-40-42-48-54-60-72(5)6)96-79(84)64-58-52-45-39-38-41-47-53-59-71(3)4/h71-75,80H,7-70H2,1-6H3,(H,85,86)(H,87,88)/t73-,74-,75-/m1/s1. The van der Waals surface area contributed by atoms with E-state index < -0.39 is 97.5 Å². The summed E-state index contributed by atoms with van der Waals surface area (Å²) < 4.78 is 68.6. The van der Waals surface area contributed by atoms with Crippen LogP contribution in [0.15, 0.2) is 0 Å². The van der Waals surface area contributed by atoms with Gasteiger partial charge in [-0.25, -0.2) is 9.13 Å². The van der Waals surface area contributed by atoms with Gasteiger partial charge in [-0.05, 0) is 37.5 Å². The predicted molar refractivity (Wildman–Crippen MR) is 400 cm³/mol. The van der Waals surface area contributed by atoms with Crippen molar-refractivity contribution in [1.29, 1.82) is 0 Å². The number of carbonyl (C=O) groups excluding carboxylic acids is 4. The van der Waals surface area contributed by atoms with Crippen LogP contribution in [0.1, 0.15) is 414 Å². The summed E-state index contributed by atoms with van der Waals surface area (Å²) in [6.07, 6.45) is 60.0. The maximum atomic E-state index is 13.1. The monoisotopic (exact) mass is 1440 g/mol. The third-order valence-corrected chi connectivity index (χ3v) is 20.4. The minimum Gasteiger partial charge on any atom is -0.462 e. The SMILES string of the molecule is CCCCCCCCCCCCCCCCCCCCCCCC(=O)O[C@H](COC(=O)CCCCCCCCCCCCCCCCCC)COP(=O)(O)OC[C@@H](O)COP(=O)(O)OC[C@@H](COC(=O)CCCCCCCCCC(C)C)OC(=O)CCCCCCCCCCC(C)C. The summed E-state index contributed by atoms with van der Waals surface area (Å²) in [6, 6.07) is 0. The molecular formula is C79H154O17P2. The van der Waals surface area contributed by atoms with Gasteiger partial charge in [0.15, 0.2) is 12.2 Å². The molecule has 2 unspecified atom stereocenters. The summed E-state index contributed by atoms with van der Waals surface area (Å²) in [5.74, 6) is -0.692. The highest BCUT2D eigenvalue weighted by atomic mass is 31.2. The van der Waals surface area contributed by atoms with E-state index in [0.29, 0.717) is 31.6 Å². The van der Waals surface area contributed by atoms with Crippen LogP contribution in [0, 0.1) is 11.8 Å². The van der Waals surface area contributed by atoms with E-state index in [2.05, 4.69) is 41.5 Å². The van der Waals surface area contributed by atoms with Crippen LogP contribution in [-0.2, 0) is 65.4 Å². The van der Waals surface area contributed by atoms with E-state index in [-0.39, 0.29) is 25.7 Å². The van der Waals surface area contributed by atoms with Crippen molar-refractivity contribution in [3.05, 3.63) is 0 Å². The second-order valence-electron chi connectivity index (χ2n) is 29.4. The first-order valence-electron chi connectivity index (χ1n) is 41.0. The molecule has 0 aromatic carbocycles. The first-order chi connectivity index (χ1) is 47.4. The van der Waals surface area contributed by atoms with E-state index in [0.717, 1.165) is 102 Å². The smallest absolute Gasteiger partial charge is 0.462 e. The van der Waals surface area contributed by atoms with Gasteiger partial charge < -0.3 is 33.8 Å². The highest BCUT2D eigenvalue weighted by molar-refractivity contribution is 7.47. The van der Waals surface area contributed by atoms with Crippen LogP contribution >= 0.6 is 15.6 Å². The molecule has 5 atom stereocenters. The largest absolute Gasteiger partial charge is 0.472 e. The highest BCUT2D eigenvalue weighted by Crippen LogP contribution is 2.45. The first-order valence-corrected chi connectivity index (χ1v) is 44.0. The average Bonchev–Trinajstić information content (AvgIpc) is 1.15. The van der Waals surface area contributed by atoms with E-state index >= 15 is 0 Å². The molecule has 17 nitrogen and oxygen atoms in total. The quantitative estimate of drug-likeness (QED) is 0.0222. The number of aliphatic hydroxyl groups excluding tert-OH is 1. The molecule has 0 aromatic rings. The zero-order chi connectivity index (χ0) is 72.1. The van der Waals surface area contributed by atoms with Crippen LogP contribution in [0.25, 0.3) is 0 Å². The van der Waals surface area contributed by atoms with E-state index in [1.54, 1.807) is 0 Å². The number of hydrogen-bond donors (Lipinski definition) is 3. The molecule has 0 aliphatic heterocycles. The van der Waals surface area contributed by atoms with E-state index in [1.165, 1.54) is 225 Å². The van der Waals surface area contributed by atoms with Crippen LogP contribution in [0.5, 0.6) is 0 Å². The Kier molecular flexibility index (Phi) is 69.3. The van der Waals surface area contributed by atoms with Crippen molar-refractivity contribution in [3.63, 3.8) is 0 Å². The molecular weight excluding hydrogens is 1280 g/mol. The fourth-order valence-electron chi connectivity index (χ4n) is 12.2. The van der Waals surface area contributed by atoms with E-state index in [4.69, 9.17) is 37.0 Å². The molecule has 0 saturated heterocycles. The molecule has 0 radical (unpaired) electrons. The zero-order valence-electron chi connectivity index (χ0n) is 64.1. The number of phosphoric ester groups is 2. The van der Waals surface area contributed by atoms with Crippen molar-refractivity contribution < 1.29 is 80.2 Å². The van der Waals surface area contributed by atoms with E-state index in [9.17, 15) is 43.2 Å². The van der Waals surface area contributed by atoms with Gasteiger partial charge in [0.1, 0.15) is 19.3 Å². The number of carbonyl (C=O) groups is 4. The normalized spacial score (nSPS) is 13.9. The average molecular weight is 1440 g/mol. The molecule has 0 amide bonds. The minimum absolute atomic E-state index is 0.104. The molecule has 0 heterocycles. The van der Waals surface area contributed by atoms with Gasteiger partial charge in [-0.15, -0.1) is 0 Å². The molecule has 19 heteroatoms. The van der Waals surface area contributed by atoms with Crippen molar-refractivity contribution in [1.82, 2.24) is 0 Å². The maximum Gasteiger partial charge on any atom is 0.472 e. The van der Waals surface area contributed by atoms with Crippen molar-refractivity contribution in [2.45, 2.75) is 432 Å². The lowest BCUT2D eigenvalue weighted by Crippen LogP contribution is -2.30. The Hall–Kier alpha value is -1.94. The summed E-state index contributed by atoms with van der Waals surface area (Å²) in [6.45, 7) is 9.51. The topological polar surface area (TPSA) is 237 Å². The maximum absolute atomic E-state index is 13.1. The van der Waals surface area contributed by atoms with Gasteiger partial charge in [-0.1, -0.05) is 363 Å². The van der Waals surface area contributed by atoms with Crippen molar-refractivity contribution in [2.24, 2.45) is 11.8 Å². The highest BCUT2D eigenvalue weighted by Gasteiger charge is 2.30. The second kappa shape index (κ2) is 70.7. The fraction of sp³-hybridized carbons (Fsp3) is 0.949. The fourth-order valence-corrected chi connectivity index (χ4v) is 13.8. The lowest BCUT2D eigenvalue weighted by molar-refractivity contribution is -0.161. The Morgan fingerprint density at radius 1 is 0.276 bits per heavy atom. The van der Waals surface area contributed by atoms with Crippen LogP contribution in [0.4, 0.5) is 0 Å². The van der Waals surface area contributed by atoms with Gasteiger partial charge in [0.05, 0.1) is 26.4 Å². The van der Waals surface area contributed by atoms with Gasteiger partial charge in [0.2, 0.25) is 0 Å². The molecule has 0 aliphatic carbocycles. The summed E-state index contributed by atoms with van der Waals surface area (Å²) >= 11 is 0. The van der Waals surface area contributed by atoms with Crippen LogP contribution < -0.4 is 0 Å². The van der Waals surface area contributed by atoms with Gasteiger partial charge in [0, 0.05) is 25.7 Å². The lowest BCUT2D eigenvalue weighted by Gasteiger charge is -2.21. The number of esters is 4. The van der Waals surface area contributed by atoms with Gasteiger partial charge in [-0.3, -0.25) is 37.3 Å². The summed E-state index contributed by atoms with van der Waals surface area (Å²) in [5.41, 5.74) is 0. The molecule has 0 aromatic heterocycles. The molecule has 0 aliphatic rings. The lowest BCUT2D eigenvalue weighted by atomic mass is 10.0. The Bertz CT molecular complexity index is 1890. The number of phosphoric acid groups is 2. The zero-order valence-corrected chi connectivity index (χ0v) is 65.9. The summed E-state index contributed by atoms with van der Waals surface area (Å²) in [4.78, 5) is 72.9. The van der Waals surface area contributed by atoms with Crippen molar-refractivity contribution in [2.75, 3.05) is 39.6 Å². The Morgan fingerprint density at radius 2 is 0.469 bits per heavy atom. The molecule has 3 N–H and O–H groups in total. The molecule has 0 saturated carbocycles. The minimum atomic E-state index is -4.96. The Morgan fingerprint density at radius 3 is 0.694 bits per heavy atom. The Balaban J connectivity index is 5.20. The molecule has 0 spiro atoms. The van der Waals surface area contributed by atoms with Gasteiger partial charge in [-0.2, -0.15) is 0 Å². The van der Waals surface area contributed by atoms with Crippen LogP contribution in [-0.4, -0.2) is 96.7 Å². The predicted octanol–water partition coefficient (Wildman–Crippen LogP) is 23.5. The Labute approximate surface area is 600 Å². The number of unbranched alkanes of at least 4 members (excludes halogenated alkanes) is 48. The molecule has 0 bridgehead atoms. The van der Waals surface area contributed by atoms with Gasteiger partial charge in [0.25, 0.3) is 0 Å². The van der Waals surface area contributed by atoms with E-state index in [1.807, 2.05) is 0 Å². The van der Waals surface area contributed by atoms with Crippen LogP contribution in [0.2, 0.25) is 0 Å². The summed E-state index contributed by atoms with van der Waals surface area (Å²) in [7, 11) is -9.91. The number of rotatable bonds is 78. The number of ether oxygens (including phenoxy) is 4. The molecule has 0 rings (SSSR count). The molecule has 98 heavy (non-hydrogen) atoms.